The summed E-state index contributed by atoms with van der Waals surface area (Å²) in [5, 5.41) is 3.83. The second-order valence-corrected chi connectivity index (χ2v) is 5.75. The number of aromatic nitrogens is 2. The average Bonchev–Trinajstić information content (AvgIpc) is 2.37. The van der Waals surface area contributed by atoms with Crippen LogP contribution in [0.2, 0.25) is 0 Å². The number of nitrogens with two attached hydrogens (primary N) is 1. The molecule has 108 valence electrons. The Morgan fingerprint density at radius 3 is 2.75 bits per heavy atom. The Kier molecular flexibility index (Phi) is 3.67. The fraction of sp³-hybridized carbons (Fsp3) is 0.429. The van der Waals surface area contributed by atoms with Crippen molar-refractivity contribution in [3.05, 3.63) is 28.8 Å². The van der Waals surface area contributed by atoms with Gasteiger partial charge in [-0.1, -0.05) is 0 Å². The van der Waals surface area contributed by atoms with Gasteiger partial charge < -0.3 is 20.9 Å². The third-order valence-corrected chi connectivity index (χ3v) is 3.73. The third-order valence-electron chi connectivity index (χ3n) is 3.73. The Morgan fingerprint density at radius 2 is 2.10 bits per heavy atom. The van der Waals surface area contributed by atoms with Gasteiger partial charge in [-0.3, -0.25) is 4.79 Å². The lowest BCUT2D eigenvalue weighted by molar-refractivity contribution is 0.210. The number of H-pyrrole nitrogens is 1. The molecule has 4 N–H and O–H groups in total. The predicted octanol–water partition coefficient (Wildman–Crippen LogP) is 1.26. The summed E-state index contributed by atoms with van der Waals surface area (Å²) in [6, 6.07) is 3.47. The van der Waals surface area contributed by atoms with Crippen molar-refractivity contribution < 1.29 is 0 Å². The van der Waals surface area contributed by atoms with Crippen molar-refractivity contribution in [3.63, 3.8) is 0 Å². The fourth-order valence-electron chi connectivity index (χ4n) is 1.75. The SMILES string of the molecule is CN(C)C(C)(C)CNc1cc2nc[nH]c(=O)c2cc1N. The maximum atomic E-state index is 11.7. The molecule has 0 radical (unpaired) electrons. The van der Waals surface area contributed by atoms with E-state index in [2.05, 4.69) is 34.0 Å². The lowest BCUT2D eigenvalue weighted by atomic mass is 10.0. The molecule has 0 atom stereocenters. The van der Waals surface area contributed by atoms with Crippen molar-refractivity contribution in [1.29, 1.82) is 0 Å². The minimum absolute atomic E-state index is 0.0109. The number of nitrogen functional groups attached to an aromatic ring is 1. The largest absolute Gasteiger partial charge is 0.397 e. The highest BCUT2D eigenvalue weighted by Crippen LogP contribution is 2.24. The molecule has 0 aliphatic carbocycles. The van der Waals surface area contributed by atoms with Gasteiger partial charge >= 0.3 is 0 Å². The normalized spacial score (nSPS) is 12.1. The first-order valence-electron chi connectivity index (χ1n) is 6.49. The molecule has 1 heterocycles. The Labute approximate surface area is 118 Å². The van der Waals surface area contributed by atoms with Gasteiger partial charge in [-0.05, 0) is 40.1 Å². The monoisotopic (exact) mass is 275 g/mol. The molecular formula is C14H21N5O. The van der Waals surface area contributed by atoms with E-state index in [1.54, 1.807) is 6.07 Å². The predicted molar refractivity (Wildman–Crippen MR) is 83.0 cm³/mol. The summed E-state index contributed by atoms with van der Waals surface area (Å²) in [5.41, 5.74) is 7.79. The molecule has 0 unspecified atom stereocenters. The van der Waals surface area contributed by atoms with E-state index in [1.807, 2.05) is 20.2 Å². The Hall–Kier alpha value is -2.08. The van der Waals surface area contributed by atoms with Crippen molar-refractivity contribution in [3.8, 4) is 0 Å². The number of fused-ring (bicyclic) bond motifs is 1. The number of nitrogens with zero attached hydrogens (tertiary/aromatic N) is 2. The molecule has 0 saturated heterocycles. The number of hydrogen-bond acceptors (Lipinski definition) is 5. The third kappa shape index (κ3) is 2.75. The van der Waals surface area contributed by atoms with Gasteiger partial charge in [-0.15, -0.1) is 0 Å². The van der Waals surface area contributed by atoms with Crippen LogP contribution in [-0.2, 0) is 0 Å². The van der Waals surface area contributed by atoms with Gasteiger partial charge in [0.05, 0.1) is 28.6 Å². The molecule has 20 heavy (non-hydrogen) atoms. The van der Waals surface area contributed by atoms with Gasteiger partial charge in [-0.25, -0.2) is 4.98 Å². The van der Waals surface area contributed by atoms with Gasteiger partial charge in [0.2, 0.25) is 0 Å². The van der Waals surface area contributed by atoms with Crippen molar-refractivity contribution >= 4 is 22.3 Å². The van der Waals surface area contributed by atoms with E-state index >= 15 is 0 Å². The lowest BCUT2D eigenvalue weighted by Gasteiger charge is -2.33. The van der Waals surface area contributed by atoms with Crippen LogP contribution in [0, 0.1) is 0 Å². The molecular weight excluding hydrogens is 254 g/mol. The van der Waals surface area contributed by atoms with Crippen LogP contribution in [0.5, 0.6) is 0 Å². The summed E-state index contributed by atoms with van der Waals surface area (Å²) in [6.07, 6.45) is 1.40. The van der Waals surface area contributed by atoms with Crippen LogP contribution in [0.25, 0.3) is 10.9 Å². The topological polar surface area (TPSA) is 87.0 Å². The van der Waals surface area contributed by atoms with Gasteiger partial charge in [0.25, 0.3) is 5.56 Å². The number of hydrogen-bond donors (Lipinski definition) is 3. The summed E-state index contributed by atoms with van der Waals surface area (Å²) >= 11 is 0. The number of rotatable bonds is 4. The van der Waals surface area contributed by atoms with Crippen LogP contribution in [0.1, 0.15) is 13.8 Å². The highest BCUT2D eigenvalue weighted by atomic mass is 16.1. The maximum Gasteiger partial charge on any atom is 0.258 e. The molecule has 0 fully saturated rings. The van der Waals surface area contributed by atoms with Crippen LogP contribution < -0.4 is 16.6 Å². The smallest absolute Gasteiger partial charge is 0.258 e. The molecule has 2 aromatic rings. The fourth-order valence-corrected chi connectivity index (χ4v) is 1.75. The summed E-state index contributed by atoms with van der Waals surface area (Å²) in [7, 11) is 4.07. The first kappa shape index (κ1) is 14.3. The molecule has 0 aliphatic rings. The van der Waals surface area contributed by atoms with E-state index in [0.29, 0.717) is 16.6 Å². The lowest BCUT2D eigenvalue weighted by Crippen LogP contribution is -2.44. The molecule has 6 nitrogen and oxygen atoms in total. The van der Waals surface area contributed by atoms with E-state index in [-0.39, 0.29) is 11.1 Å². The van der Waals surface area contributed by atoms with Crippen molar-refractivity contribution in [1.82, 2.24) is 14.9 Å². The van der Waals surface area contributed by atoms with Crippen LogP contribution in [0.4, 0.5) is 11.4 Å². The molecule has 0 bridgehead atoms. The second-order valence-electron chi connectivity index (χ2n) is 5.75. The van der Waals surface area contributed by atoms with Gasteiger partial charge in [0.1, 0.15) is 0 Å². The number of benzene rings is 1. The Balaban J connectivity index is 2.32. The quantitative estimate of drug-likeness (QED) is 0.731. The molecule has 1 aromatic heterocycles. The highest BCUT2D eigenvalue weighted by molar-refractivity contribution is 5.88. The average molecular weight is 275 g/mol. The molecule has 1 aromatic carbocycles. The number of anilines is 2. The number of aromatic amines is 1. The maximum absolute atomic E-state index is 11.7. The summed E-state index contributed by atoms with van der Waals surface area (Å²) in [4.78, 5) is 20.5. The Morgan fingerprint density at radius 1 is 1.40 bits per heavy atom. The van der Waals surface area contributed by atoms with Gasteiger partial charge in [-0.2, -0.15) is 0 Å². The molecule has 0 amide bonds. The van der Waals surface area contributed by atoms with Gasteiger partial charge in [0.15, 0.2) is 0 Å². The zero-order valence-electron chi connectivity index (χ0n) is 12.3. The zero-order valence-corrected chi connectivity index (χ0v) is 12.3. The molecule has 0 spiro atoms. The Bertz CT molecular complexity index is 675. The van der Waals surface area contributed by atoms with E-state index < -0.39 is 0 Å². The molecule has 0 saturated carbocycles. The number of likely N-dealkylation sites (N-methyl/N-ethyl adjacent to an activating group) is 1. The van der Waals surface area contributed by atoms with Gasteiger partial charge in [0, 0.05) is 12.1 Å². The van der Waals surface area contributed by atoms with E-state index in [0.717, 1.165) is 12.2 Å². The minimum Gasteiger partial charge on any atom is -0.397 e. The molecule has 6 heteroatoms. The van der Waals surface area contributed by atoms with Crippen LogP contribution in [0.15, 0.2) is 23.3 Å². The van der Waals surface area contributed by atoms with Crippen molar-refractivity contribution in [2.45, 2.75) is 19.4 Å². The van der Waals surface area contributed by atoms with Crippen LogP contribution >= 0.6 is 0 Å². The van der Waals surface area contributed by atoms with Crippen molar-refractivity contribution in [2.24, 2.45) is 0 Å². The molecule has 2 rings (SSSR count). The van der Waals surface area contributed by atoms with Crippen molar-refractivity contribution in [2.75, 3.05) is 31.7 Å². The number of nitrogens with one attached hydrogen (secondary N) is 2. The van der Waals surface area contributed by atoms with E-state index in [1.165, 1.54) is 6.33 Å². The van der Waals surface area contributed by atoms with E-state index in [9.17, 15) is 4.79 Å². The first-order chi connectivity index (χ1) is 9.31. The minimum atomic E-state index is -0.179. The molecule has 0 aliphatic heterocycles. The highest BCUT2D eigenvalue weighted by Gasteiger charge is 2.20. The van der Waals surface area contributed by atoms with Crippen LogP contribution in [0.3, 0.4) is 0 Å². The zero-order chi connectivity index (χ0) is 14.9. The van der Waals surface area contributed by atoms with Crippen LogP contribution in [-0.4, -0.2) is 41.0 Å². The van der Waals surface area contributed by atoms with E-state index in [4.69, 9.17) is 5.73 Å². The second kappa shape index (κ2) is 5.13. The summed E-state index contributed by atoms with van der Waals surface area (Å²) < 4.78 is 0. The standard InChI is InChI=1S/C14H21N5O/c1-14(2,19(3)4)7-16-12-6-11-9(5-10(12)15)13(20)18-8-17-11/h5-6,8,16H,7,15H2,1-4H3,(H,17,18,20). The first-order valence-corrected chi connectivity index (χ1v) is 6.49. The summed E-state index contributed by atoms with van der Waals surface area (Å²) in [6.45, 7) is 5.01. The summed E-state index contributed by atoms with van der Waals surface area (Å²) in [5.74, 6) is 0.